The molecule has 3 amide bonds. The van der Waals surface area contributed by atoms with E-state index in [1.54, 1.807) is 19.1 Å². The van der Waals surface area contributed by atoms with E-state index in [9.17, 15) is 22.8 Å². The first-order valence-electron chi connectivity index (χ1n) is 6.43. The summed E-state index contributed by atoms with van der Waals surface area (Å²) in [7, 11) is 0. The Morgan fingerprint density at radius 2 is 1.95 bits per heavy atom. The Balaban J connectivity index is 2.33. The summed E-state index contributed by atoms with van der Waals surface area (Å²) >= 11 is 0. The number of carbonyl (C=O) groups excluding carboxylic acids is 2. The average Bonchev–Trinajstić information content (AvgIpc) is 2.78. The van der Waals surface area contributed by atoms with E-state index in [0.717, 1.165) is 4.57 Å². The third kappa shape index (κ3) is 3.35. The number of imidazole rings is 1. The van der Waals surface area contributed by atoms with Crippen molar-refractivity contribution >= 4 is 23.0 Å². The molecule has 1 heterocycles. The van der Waals surface area contributed by atoms with E-state index in [-0.39, 0.29) is 11.0 Å². The number of hydrogen-bond acceptors (Lipinski definition) is 3. The molecule has 0 aliphatic rings. The second kappa shape index (κ2) is 6.04. The zero-order valence-electron chi connectivity index (χ0n) is 11.6. The van der Waals surface area contributed by atoms with Crippen molar-refractivity contribution in [3.05, 3.63) is 30.1 Å². The van der Waals surface area contributed by atoms with E-state index in [0.29, 0.717) is 6.54 Å². The lowest BCUT2D eigenvalue weighted by Gasteiger charge is -2.11. The Labute approximate surface area is 123 Å². The van der Waals surface area contributed by atoms with Crippen LogP contribution in [0.2, 0.25) is 0 Å². The number of urea groups is 1. The van der Waals surface area contributed by atoms with Crippen LogP contribution in [0.5, 0.6) is 0 Å². The van der Waals surface area contributed by atoms with Crippen molar-refractivity contribution in [3.63, 3.8) is 0 Å². The molecule has 0 spiro atoms. The van der Waals surface area contributed by atoms with Crippen LogP contribution in [0.1, 0.15) is 12.7 Å². The smallest absolute Gasteiger partial charge is 0.338 e. The molecular formula is C13H13F3N4O2. The van der Waals surface area contributed by atoms with Gasteiger partial charge in [-0.15, -0.1) is 0 Å². The minimum absolute atomic E-state index is 0.126. The SMILES string of the molecule is CCNC(=O)NC(=O)Cn1c(C(F)(F)F)nc2ccccc21. The van der Waals surface area contributed by atoms with Crippen LogP contribution in [0, 0.1) is 0 Å². The van der Waals surface area contributed by atoms with E-state index >= 15 is 0 Å². The summed E-state index contributed by atoms with van der Waals surface area (Å²) < 4.78 is 39.8. The molecule has 118 valence electrons. The van der Waals surface area contributed by atoms with Gasteiger partial charge in [0.2, 0.25) is 11.7 Å². The summed E-state index contributed by atoms with van der Waals surface area (Å²) in [6.45, 7) is 1.28. The van der Waals surface area contributed by atoms with Gasteiger partial charge in [-0.25, -0.2) is 9.78 Å². The molecule has 1 aromatic heterocycles. The van der Waals surface area contributed by atoms with Crippen LogP contribution in [-0.2, 0) is 17.5 Å². The van der Waals surface area contributed by atoms with Crippen molar-refractivity contribution in [2.45, 2.75) is 19.6 Å². The van der Waals surface area contributed by atoms with Crippen LogP contribution >= 0.6 is 0 Å². The molecule has 2 rings (SSSR count). The van der Waals surface area contributed by atoms with Gasteiger partial charge in [0.05, 0.1) is 11.0 Å². The van der Waals surface area contributed by atoms with Gasteiger partial charge in [0.15, 0.2) is 0 Å². The molecule has 0 atom stereocenters. The Bertz CT molecular complexity index is 709. The van der Waals surface area contributed by atoms with Crippen molar-refractivity contribution in [2.75, 3.05) is 6.54 Å². The summed E-state index contributed by atoms with van der Waals surface area (Å²) in [5, 5.41) is 4.28. The van der Waals surface area contributed by atoms with Gasteiger partial charge in [-0.3, -0.25) is 10.1 Å². The van der Waals surface area contributed by atoms with Crippen molar-refractivity contribution in [1.29, 1.82) is 0 Å². The monoisotopic (exact) mass is 314 g/mol. The van der Waals surface area contributed by atoms with Gasteiger partial charge in [0.1, 0.15) is 6.54 Å². The van der Waals surface area contributed by atoms with Crippen molar-refractivity contribution in [1.82, 2.24) is 20.2 Å². The van der Waals surface area contributed by atoms with Crippen LogP contribution in [0.25, 0.3) is 11.0 Å². The van der Waals surface area contributed by atoms with E-state index in [4.69, 9.17) is 0 Å². The molecule has 0 aliphatic carbocycles. The highest BCUT2D eigenvalue weighted by Gasteiger charge is 2.38. The molecule has 0 saturated carbocycles. The van der Waals surface area contributed by atoms with Crippen LogP contribution in [-0.4, -0.2) is 28.0 Å². The predicted octanol–water partition coefficient (Wildman–Crippen LogP) is 1.90. The third-order valence-electron chi connectivity index (χ3n) is 2.80. The van der Waals surface area contributed by atoms with Gasteiger partial charge >= 0.3 is 12.2 Å². The first kappa shape index (κ1) is 15.8. The fraction of sp³-hybridized carbons (Fsp3) is 0.308. The first-order chi connectivity index (χ1) is 10.3. The highest BCUT2D eigenvalue weighted by molar-refractivity contribution is 5.94. The molecule has 0 radical (unpaired) electrons. The van der Waals surface area contributed by atoms with Gasteiger partial charge in [-0.1, -0.05) is 12.1 Å². The lowest BCUT2D eigenvalue weighted by atomic mass is 10.3. The molecule has 6 nitrogen and oxygen atoms in total. The van der Waals surface area contributed by atoms with Crippen LogP contribution in [0.4, 0.5) is 18.0 Å². The van der Waals surface area contributed by atoms with Crippen molar-refractivity contribution in [2.24, 2.45) is 0 Å². The second-order valence-corrected chi connectivity index (χ2v) is 4.42. The number of carbonyl (C=O) groups is 2. The molecular weight excluding hydrogens is 301 g/mol. The molecule has 0 saturated heterocycles. The molecule has 2 aromatic rings. The number of nitrogens with zero attached hydrogens (tertiary/aromatic N) is 2. The first-order valence-corrected chi connectivity index (χ1v) is 6.43. The number of para-hydroxylation sites is 2. The summed E-state index contributed by atoms with van der Waals surface area (Å²) in [4.78, 5) is 26.5. The van der Waals surface area contributed by atoms with Crippen LogP contribution in [0.3, 0.4) is 0 Å². The summed E-state index contributed by atoms with van der Waals surface area (Å²) in [6, 6.07) is 5.18. The number of amides is 3. The average molecular weight is 314 g/mol. The van der Waals surface area contributed by atoms with E-state index in [2.05, 4.69) is 10.3 Å². The minimum Gasteiger partial charge on any atom is -0.338 e. The normalized spacial score (nSPS) is 11.5. The van der Waals surface area contributed by atoms with Crippen molar-refractivity contribution in [3.8, 4) is 0 Å². The number of aromatic nitrogens is 2. The molecule has 0 fully saturated rings. The molecule has 1 aromatic carbocycles. The lowest BCUT2D eigenvalue weighted by Crippen LogP contribution is -2.41. The number of hydrogen-bond donors (Lipinski definition) is 2. The Morgan fingerprint density at radius 3 is 2.59 bits per heavy atom. The van der Waals surface area contributed by atoms with Gasteiger partial charge in [0, 0.05) is 6.54 Å². The Hall–Kier alpha value is -2.58. The highest BCUT2D eigenvalue weighted by Crippen LogP contribution is 2.31. The number of fused-ring (bicyclic) bond motifs is 1. The molecule has 0 aliphatic heterocycles. The molecule has 0 bridgehead atoms. The maximum absolute atomic E-state index is 13.0. The summed E-state index contributed by atoms with van der Waals surface area (Å²) in [5.74, 6) is -2.04. The van der Waals surface area contributed by atoms with Crippen LogP contribution in [0.15, 0.2) is 24.3 Å². The standard InChI is InChI=1S/C13H13F3N4O2/c1-2-17-12(22)19-10(21)7-20-9-6-4-3-5-8(9)18-11(20)13(14,15)16/h3-6H,2,7H2,1H3,(H2,17,19,21,22). The van der Waals surface area contributed by atoms with E-state index < -0.39 is 30.5 Å². The molecule has 0 unspecified atom stereocenters. The summed E-state index contributed by atoms with van der Waals surface area (Å²) in [6.07, 6.45) is -4.70. The summed E-state index contributed by atoms with van der Waals surface area (Å²) in [5.41, 5.74) is 0.293. The number of halogens is 3. The van der Waals surface area contributed by atoms with Gasteiger partial charge in [-0.05, 0) is 19.1 Å². The number of rotatable bonds is 3. The van der Waals surface area contributed by atoms with Gasteiger partial charge in [-0.2, -0.15) is 13.2 Å². The Morgan fingerprint density at radius 1 is 1.27 bits per heavy atom. The van der Waals surface area contributed by atoms with Gasteiger partial charge in [0.25, 0.3) is 0 Å². The zero-order valence-corrected chi connectivity index (χ0v) is 11.6. The maximum atomic E-state index is 13.0. The number of imide groups is 1. The lowest BCUT2D eigenvalue weighted by molar-refractivity contribution is -0.147. The molecule has 9 heteroatoms. The van der Waals surface area contributed by atoms with Crippen molar-refractivity contribution < 1.29 is 22.8 Å². The van der Waals surface area contributed by atoms with E-state index in [1.165, 1.54) is 12.1 Å². The second-order valence-electron chi connectivity index (χ2n) is 4.42. The zero-order chi connectivity index (χ0) is 16.3. The fourth-order valence-electron chi connectivity index (χ4n) is 1.97. The molecule has 2 N–H and O–H groups in total. The number of benzene rings is 1. The number of nitrogens with one attached hydrogen (secondary N) is 2. The maximum Gasteiger partial charge on any atom is 0.449 e. The predicted molar refractivity (Wildman–Crippen MR) is 72.0 cm³/mol. The number of alkyl halides is 3. The largest absolute Gasteiger partial charge is 0.449 e. The topological polar surface area (TPSA) is 76.0 Å². The van der Waals surface area contributed by atoms with E-state index in [1.807, 2.05) is 5.32 Å². The highest BCUT2D eigenvalue weighted by atomic mass is 19.4. The third-order valence-corrected chi connectivity index (χ3v) is 2.80. The Kier molecular flexibility index (Phi) is 4.34. The van der Waals surface area contributed by atoms with Crippen LogP contribution < -0.4 is 10.6 Å². The molecule has 22 heavy (non-hydrogen) atoms. The van der Waals surface area contributed by atoms with Gasteiger partial charge < -0.3 is 9.88 Å². The minimum atomic E-state index is -4.70. The fourth-order valence-corrected chi connectivity index (χ4v) is 1.97. The quantitative estimate of drug-likeness (QED) is 0.908.